The third kappa shape index (κ3) is 3.85. The van der Waals surface area contributed by atoms with Crippen LogP contribution in [0.1, 0.15) is 39.5 Å². The Labute approximate surface area is 171 Å². The number of fused-ring (bicyclic) bond motifs is 1. The fraction of sp³-hybridized carbons (Fsp3) is 0.458. The van der Waals surface area contributed by atoms with Crippen molar-refractivity contribution in [2.75, 3.05) is 19.6 Å². The molecular weight excluding hydrogens is 366 g/mol. The first kappa shape index (κ1) is 19.5. The van der Waals surface area contributed by atoms with E-state index in [1.165, 1.54) is 52.4 Å². The number of benzene rings is 1. The van der Waals surface area contributed by atoms with Crippen LogP contribution in [-0.2, 0) is 4.79 Å². The Kier molecular flexibility index (Phi) is 5.52. The SMILES string of the molecule is CC(C)(C(=O)O)C1CC2=C(C=c3ccccc3=CC2=CCCN2CCCC2)S1. The molecule has 2 heterocycles. The molecule has 148 valence electrons. The number of carbonyl (C=O) groups is 1. The topological polar surface area (TPSA) is 40.5 Å². The molecule has 0 amide bonds. The minimum atomic E-state index is -0.745. The summed E-state index contributed by atoms with van der Waals surface area (Å²) in [4.78, 5) is 15.6. The van der Waals surface area contributed by atoms with Crippen LogP contribution >= 0.6 is 11.8 Å². The Morgan fingerprint density at radius 3 is 2.57 bits per heavy atom. The normalized spacial score (nSPS) is 23.8. The molecule has 28 heavy (non-hydrogen) atoms. The maximum atomic E-state index is 11.8. The van der Waals surface area contributed by atoms with Gasteiger partial charge in [-0.25, -0.2) is 0 Å². The summed E-state index contributed by atoms with van der Waals surface area (Å²) in [6.45, 7) is 7.27. The first-order chi connectivity index (χ1) is 13.4. The lowest BCUT2D eigenvalue weighted by molar-refractivity contribution is -0.146. The van der Waals surface area contributed by atoms with Crippen molar-refractivity contribution < 1.29 is 9.90 Å². The number of rotatable bonds is 5. The second kappa shape index (κ2) is 7.92. The highest BCUT2D eigenvalue weighted by Gasteiger charge is 2.42. The van der Waals surface area contributed by atoms with E-state index in [9.17, 15) is 9.90 Å². The lowest BCUT2D eigenvalue weighted by Gasteiger charge is -2.26. The summed E-state index contributed by atoms with van der Waals surface area (Å²) in [7, 11) is 0. The van der Waals surface area contributed by atoms with Crippen molar-refractivity contribution in [1.29, 1.82) is 0 Å². The van der Waals surface area contributed by atoms with Crippen molar-refractivity contribution in [2.45, 2.75) is 44.8 Å². The number of hydrogen-bond donors (Lipinski definition) is 1. The van der Waals surface area contributed by atoms with Gasteiger partial charge in [0.05, 0.1) is 5.41 Å². The van der Waals surface area contributed by atoms with Gasteiger partial charge < -0.3 is 10.0 Å². The monoisotopic (exact) mass is 395 g/mol. The van der Waals surface area contributed by atoms with Gasteiger partial charge >= 0.3 is 5.97 Å². The minimum Gasteiger partial charge on any atom is -0.481 e. The van der Waals surface area contributed by atoms with Crippen LogP contribution in [0, 0.1) is 5.41 Å². The van der Waals surface area contributed by atoms with E-state index >= 15 is 0 Å². The number of allylic oxidation sites excluding steroid dienone is 3. The zero-order chi connectivity index (χ0) is 19.7. The van der Waals surface area contributed by atoms with Gasteiger partial charge in [0.25, 0.3) is 0 Å². The molecule has 1 N–H and O–H groups in total. The van der Waals surface area contributed by atoms with Gasteiger partial charge in [0.1, 0.15) is 0 Å². The summed E-state index contributed by atoms with van der Waals surface area (Å²) in [5.74, 6) is -0.716. The van der Waals surface area contributed by atoms with Crippen molar-refractivity contribution in [3.05, 3.63) is 56.8 Å². The van der Waals surface area contributed by atoms with Gasteiger partial charge in [0, 0.05) is 16.7 Å². The molecule has 1 aromatic carbocycles. The summed E-state index contributed by atoms with van der Waals surface area (Å²) in [5, 5.41) is 12.2. The maximum absolute atomic E-state index is 11.8. The highest BCUT2D eigenvalue weighted by molar-refractivity contribution is 8.04. The number of nitrogens with zero attached hydrogens (tertiary/aromatic N) is 1. The summed E-state index contributed by atoms with van der Waals surface area (Å²) in [5.41, 5.74) is 1.86. The van der Waals surface area contributed by atoms with E-state index < -0.39 is 11.4 Å². The molecule has 1 fully saturated rings. The van der Waals surface area contributed by atoms with E-state index in [4.69, 9.17) is 0 Å². The second-order valence-corrected chi connectivity index (χ2v) is 9.84. The Morgan fingerprint density at radius 1 is 1.21 bits per heavy atom. The standard InChI is InChI=1S/C24H29NO2S/c1-24(2,23(26)27)22-16-20-19(10-7-13-25-11-5-6-12-25)14-17-8-3-4-9-18(17)15-21(20)28-22/h3-4,8-10,14-15,22H,5-7,11-13,16H2,1-2H3,(H,26,27). The third-order valence-corrected chi connectivity index (χ3v) is 7.92. The molecule has 1 unspecified atom stereocenters. The molecule has 1 saturated heterocycles. The van der Waals surface area contributed by atoms with Crippen LogP contribution < -0.4 is 10.4 Å². The van der Waals surface area contributed by atoms with Gasteiger partial charge in [0.15, 0.2) is 0 Å². The molecule has 1 aromatic rings. The third-order valence-electron chi connectivity index (χ3n) is 6.26. The van der Waals surface area contributed by atoms with Gasteiger partial charge in [-0.2, -0.15) is 0 Å². The highest BCUT2D eigenvalue weighted by Crippen LogP contribution is 2.49. The van der Waals surface area contributed by atoms with Crippen molar-refractivity contribution in [1.82, 2.24) is 4.90 Å². The van der Waals surface area contributed by atoms with Crippen LogP contribution in [0.3, 0.4) is 0 Å². The fourth-order valence-corrected chi connectivity index (χ4v) is 5.72. The van der Waals surface area contributed by atoms with Crippen molar-refractivity contribution >= 4 is 29.9 Å². The first-order valence-corrected chi connectivity index (χ1v) is 11.2. The van der Waals surface area contributed by atoms with Gasteiger partial charge in [0.2, 0.25) is 0 Å². The molecule has 4 heteroatoms. The van der Waals surface area contributed by atoms with Crippen LogP contribution in [-0.4, -0.2) is 40.9 Å². The molecule has 0 saturated carbocycles. The Hall–Kier alpha value is -1.78. The van der Waals surface area contributed by atoms with E-state index in [2.05, 4.69) is 47.4 Å². The number of carboxylic acid groups (broad SMARTS) is 1. The summed E-state index contributed by atoms with van der Waals surface area (Å²) >= 11 is 1.74. The summed E-state index contributed by atoms with van der Waals surface area (Å²) in [6, 6.07) is 8.49. The molecule has 0 bridgehead atoms. The quantitative estimate of drug-likeness (QED) is 0.828. The molecule has 3 aliphatic rings. The summed E-state index contributed by atoms with van der Waals surface area (Å²) in [6.07, 6.45) is 11.4. The van der Waals surface area contributed by atoms with Gasteiger partial charge in [-0.15, -0.1) is 11.8 Å². The zero-order valence-electron chi connectivity index (χ0n) is 16.8. The molecule has 4 rings (SSSR count). The zero-order valence-corrected chi connectivity index (χ0v) is 17.6. The molecule has 0 spiro atoms. The Morgan fingerprint density at radius 2 is 1.89 bits per heavy atom. The lowest BCUT2D eigenvalue weighted by atomic mass is 9.84. The molecule has 0 aromatic heterocycles. The fourth-order valence-electron chi connectivity index (χ4n) is 4.23. The average Bonchev–Trinajstić information content (AvgIpc) is 3.30. The van der Waals surface area contributed by atoms with Crippen LogP contribution in [0.25, 0.3) is 12.2 Å². The number of likely N-dealkylation sites (tertiary alicyclic amines) is 1. The lowest BCUT2D eigenvalue weighted by Crippen LogP contribution is -2.34. The van der Waals surface area contributed by atoms with Crippen molar-refractivity contribution in [3.63, 3.8) is 0 Å². The Balaban J connectivity index is 1.66. The molecule has 1 aliphatic carbocycles. The Bertz CT molecular complexity index is 951. The smallest absolute Gasteiger partial charge is 0.310 e. The average molecular weight is 396 g/mol. The van der Waals surface area contributed by atoms with Crippen molar-refractivity contribution in [3.8, 4) is 0 Å². The van der Waals surface area contributed by atoms with Gasteiger partial charge in [-0.1, -0.05) is 30.3 Å². The predicted molar refractivity (Wildman–Crippen MR) is 117 cm³/mol. The van der Waals surface area contributed by atoms with Crippen LogP contribution in [0.2, 0.25) is 0 Å². The minimum absolute atomic E-state index is 0.0619. The second-order valence-electron chi connectivity index (χ2n) is 8.59. The number of hydrogen-bond acceptors (Lipinski definition) is 3. The van der Waals surface area contributed by atoms with E-state index in [-0.39, 0.29) is 5.25 Å². The van der Waals surface area contributed by atoms with E-state index in [0.717, 1.165) is 19.4 Å². The van der Waals surface area contributed by atoms with Gasteiger partial charge in [-0.05, 0) is 86.4 Å². The van der Waals surface area contributed by atoms with Gasteiger partial charge in [-0.3, -0.25) is 4.79 Å². The van der Waals surface area contributed by atoms with E-state index in [1.54, 1.807) is 11.8 Å². The molecule has 3 nitrogen and oxygen atoms in total. The maximum Gasteiger partial charge on any atom is 0.310 e. The molecule has 1 atom stereocenters. The highest BCUT2D eigenvalue weighted by atomic mass is 32.2. The van der Waals surface area contributed by atoms with E-state index in [1.807, 2.05) is 13.8 Å². The molecular formula is C24H29NO2S. The summed E-state index contributed by atoms with van der Waals surface area (Å²) < 4.78 is 0. The van der Waals surface area contributed by atoms with Crippen LogP contribution in [0.15, 0.2) is 46.4 Å². The first-order valence-electron chi connectivity index (χ1n) is 10.3. The number of aliphatic carboxylic acids is 1. The molecule has 2 aliphatic heterocycles. The molecule has 0 radical (unpaired) electrons. The largest absolute Gasteiger partial charge is 0.481 e. The van der Waals surface area contributed by atoms with Crippen LogP contribution in [0.5, 0.6) is 0 Å². The van der Waals surface area contributed by atoms with E-state index in [0.29, 0.717) is 0 Å². The number of carboxylic acids is 1. The predicted octanol–water partition coefficient (Wildman–Crippen LogP) is 3.54. The van der Waals surface area contributed by atoms with Crippen LogP contribution in [0.4, 0.5) is 0 Å². The number of thioether (sulfide) groups is 1. The van der Waals surface area contributed by atoms with Crippen molar-refractivity contribution in [2.24, 2.45) is 5.41 Å².